The molecule has 0 aliphatic rings. The van der Waals surface area contributed by atoms with Crippen molar-refractivity contribution in [2.24, 2.45) is 0 Å². The highest BCUT2D eigenvalue weighted by molar-refractivity contribution is 5.72. The van der Waals surface area contributed by atoms with Crippen LogP contribution in [0.25, 0.3) is 0 Å². The second kappa shape index (κ2) is 4.78. The first-order valence-corrected chi connectivity index (χ1v) is 3.04. The molecule has 0 aromatic heterocycles. The zero-order valence-electron chi connectivity index (χ0n) is 6.09. The minimum Gasteiger partial charge on any atom is -0.453 e. The summed E-state index contributed by atoms with van der Waals surface area (Å²) >= 11 is 0. The summed E-state index contributed by atoms with van der Waals surface area (Å²) < 4.78 is 4.28. The average molecular weight is 145 g/mol. The number of nitrogens with one attached hydrogen (secondary N) is 1. The van der Waals surface area contributed by atoms with Gasteiger partial charge in [0, 0.05) is 0 Å². The predicted octanol–water partition coefficient (Wildman–Crippen LogP) is 0.320. The number of ether oxygens (including phenoxy) is 1. The molecule has 0 spiro atoms. The molecule has 58 valence electrons. The van der Waals surface area contributed by atoms with Gasteiger partial charge in [-0.25, -0.2) is 4.79 Å². The maximum atomic E-state index is 10.4. The molecule has 10 heavy (non-hydrogen) atoms. The molecule has 0 radical (unpaired) electrons. The van der Waals surface area contributed by atoms with E-state index in [0.29, 0.717) is 12.7 Å². The first-order chi connectivity index (χ1) is 4.74. The van der Waals surface area contributed by atoms with Gasteiger partial charge in [-0.1, -0.05) is 6.92 Å². The van der Waals surface area contributed by atoms with Gasteiger partial charge in [0.25, 0.3) is 0 Å². The van der Waals surface area contributed by atoms with E-state index in [9.17, 15) is 9.59 Å². The molecule has 0 aromatic carbocycles. The minimum atomic E-state index is -0.570. The van der Waals surface area contributed by atoms with Gasteiger partial charge >= 0.3 is 6.09 Å². The fourth-order valence-corrected chi connectivity index (χ4v) is 0.443. The van der Waals surface area contributed by atoms with Crippen molar-refractivity contribution in [3.05, 3.63) is 0 Å². The quantitative estimate of drug-likeness (QED) is 0.582. The number of alkyl carbamates (subject to hydrolysis) is 1. The second-order valence-corrected chi connectivity index (χ2v) is 1.79. The van der Waals surface area contributed by atoms with Crippen molar-refractivity contribution in [2.45, 2.75) is 19.4 Å². The van der Waals surface area contributed by atoms with Crippen LogP contribution in [-0.4, -0.2) is 25.5 Å². The summed E-state index contributed by atoms with van der Waals surface area (Å²) in [6.07, 6.45) is 0.689. The van der Waals surface area contributed by atoms with Gasteiger partial charge in [0.2, 0.25) is 0 Å². The Balaban J connectivity index is 3.62. The third-order valence-electron chi connectivity index (χ3n) is 1.09. The molecular formula is C6H11NO3. The molecule has 0 rings (SSSR count). The van der Waals surface area contributed by atoms with Gasteiger partial charge < -0.3 is 14.8 Å². The first kappa shape index (κ1) is 8.94. The van der Waals surface area contributed by atoms with Crippen LogP contribution >= 0.6 is 0 Å². The number of carbonyl (C=O) groups is 2. The highest BCUT2D eigenvalue weighted by Gasteiger charge is 2.06. The van der Waals surface area contributed by atoms with Crippen molar-refractivity contribution in [2.75, 3.05) is 7.11 Å². The van der Waals surface area contributed by atoms with Crippen LogP contribution in [0.15, 0.2) is 0 Å². The fourth-order valence-electron chi connectivity index (χ4n) is 0.443. The van der Waals surface area contributed by atoms with Gasteiger partial charge in [-0.05, 0) is 6.42 Å². The summed E-state index contributed by atoms with van der Waals surface area (Å²) in [7, 11) is 1.26. The summed E-state index contributed by atoms with van der Waals surface area (Å²) in [5.41, 5.74) is 0. The molecule has 1 amide bonds. The van der Waals surface area contributed by atoms with Crippen molar-refractivity contribution in [1.29, 1.82) is 0 Å². The Labute approximate surface area is 59.6 Å². The SMILES string of the molecule is CC[C@@H](C=O)NC(=O)OC. The molecule has 4 heteroatoms. The van der Waals surface area contributed by atoms with E-state index in [2.05, 4.69) is 10.1 Å². The Morgan fingerprint density at radius 2 is 2.40 bits per heavy atom. The Hall–Kier alpha value is -1.06. The van der Waals surface area contributed by atoms with Crippen molar-refractivity contribution >= 4 is 12.4 Å². The molecule has 1 N–H and O–H groups in total. The molecule has 0 heterocycles. The molecule has 0 bridgehead atoms. The maximum absolute atomic E-state index is 10.4. The third kappa shape index (κ3) is 3.06. The lowest BCUT2D eigenvalue weighted by atomic mass is 10.3. The van der Waals surface area contributed by atoms with Crippen molar-refractivity contribution in [3.63, 3.8) is 0 Å². The zero-order chi connectivity index (χ0) is 7.98. The zero-order valence-corrected chi connectivity index (χ0v) is 6.09. The third-order valence-corrected chi connectivity index (χ3v) is 1.09. The lowest BCUT2D eigenvalue weighted by Crippen LogP contribution is -2.35. The fraction of sp³-hybridized carbons (Fsp3) is 0.667. The van der Waals surface area contributed by atoms with Crippen LogP contribution in [0.2, 0.25) is 0 Å². The Morgan fingerprint density at radius 1 is 1.80 bits per heavy atom. The summed E-state index contributed by atoms with van der Waals surface area (Å²) in [6.45, 7) is 1.80. The molecule has 0 aliphatic carbocycles. The average Bonchev–Trinajstić information content (AvgIpc) is 1.99. The molecule has 4 nitrogen and oxygen atoms in total. The lowest BCUT2D eigenvalue weighted by Gasteiger charge is -2.07. The van der Waals surface area contributed by atoms with Crippen LogP contribution < -0.4 is 5.32 Å². The van der Waals surface area contributed by atoms with Crippen LogP contribution in [0.4, 0.5) is 4.79 Å². The monoisotopic (exact) mass is 145 g/mol. The number of hydrogen-bond donors (Lipinski definition) is 1. The standard InChI is InChI=1S/C6H11NO3/c1-3-5(4-8)7-6(9)10-2/h4-5H,3H2,1-2H3,(H,7,9)/t5-/m0/s1. The Bertz CT molecular complexity index is 124. The van der Waals surface area contributed by atoms with Gasteiger partial charge in [-0.2, -0.15) is 0 Å². The normalized spacial score (nSPS) is 11.8. The number of amides is 1. The van der Waals surface area contributed by atoms with Gasteiger partial charge in [0.05, 0.1) is 13.2 Å². The van der Waals surface area contributed by atoms with E-state index in [1.165, 1.54) is 7.11 Å². The Kier molecular flexibility index (Phi) is 4.28. The molecule has 0 fully saturated rings. The number of carbonyl (C=O) groups excluding carboxylic acids is 2. The topological polar surface area (TPSA) is 55.4 Å². The van der Waals surface area contributed by atoms with Crippen molar-refractivity contribution in [1.82, 2.24) is 5.32 Å². The maximum Gasteiger partial charge on any atom is 0.407 e. The summed E-state index contributed by atoms with van der Waals surface area (Å²) in [6, 6.07) is -0.424. The van der Waals surface area contributed by atoms with E-state index >= 15 is 0 Å². The second-order valence-electron chi connectivity index (χ2n) is 1.79. The number of methoxy groups -OCH3 is 1. The first-order valence-electron chi connectivity index (χ1n) is 3.04. The largest absolute Gasteiger partial charge is 0.453 e. The lowest BCUT2D eigenvalue weighted by molar-refractivity contribution is -0.109. The number of hydrogen-bond acceptors (Lipinski definition) is 3. The van der Waals surface area contributed by atoms with E-state index in [4.69, 9.17) is 0 Å². The van der Waals surface area contributed by atoms with Crippen LogP contribution in [0, 0.1) is 0 Å². The van der Waals surface area contributed by atoms with Crippen LogP contribution in [0.1, 0.15) is 13.3 Å². The smallest absolute Gasteiger partial charge is 0.407 e. The van der Waals surface area contributed by atoms with E-state index in [0.717, 1.165) is 0 Å². The van der Waals surface area contributed by atoms with Gasteiger partial charge in [-0.3, -0.25) is 0 Å². The van der Waals surface area contributed by atoms with E-state index in [-0.39, 0.29) is 0 Å². The van der Waals surface area contributed by atoms with Crippen LogP contribution in [-0.2, 0) is 9.53 Å². The van der Waals surface area contributed by atoms with Crippen molar-refractivity contribution < 1.29 is 14.3 Å². The predicted molar refractivity (Wildman–Crippen MR) is 35.7 cm³/mol. The summed E-state index contributed by atoms with van der Waals surface area (Å²) in [5, 5.41) is 2.34. The molecule has 0 saturated heterocycles. The summed E-state index contributed by atoms with van der Waals surface area (Å²) in [4.78, 5) is 20.6. The van der Waals surface area contributed by atoms with Crippen LogP contribution in [0.3, 0.4) is 0 Å². The molecule has 1 atom stereocenters. The molecule has 0 unspecified atom stereocenters. The molecular weight excluding hydrogens is 134 g/mol. The number of rotatable bonds is 3. The van der Waals surface area contributed by atoms with E-state index in [1.807, 2.05) is 0 Å². The molecule has 0 saturated carbocycles. The van der Waals surface area contributed by atoms with Gasteiger partial charge in [-0.15, -0.1) is 0 Å². The van der Waals surface area contributed by atoms with Gasteiger partial charge in [0.1, 0.15) is 6.29 Å². The Morgan fingerprint density at radius 3 is 2.70 bits per heavy atom. The molecule has 0 aromatic rings. The highest BCUT2D eigenvalue weighted by atomic mass is 16.5. The number of aldehydes is 1. The van der Waals surface area contributed by atoms with E-state index < -0.39 is 12.1 Å². The van der Waals surface area contributed by atoms with Crippen molar-refractivity contribution in [3.8, 4) is 0 Å². The minimum absolute atomic E-state index is 0.424. The van der Waals surface area contributed by atoms with E-state index in [1.54, 1.807) is 6.92 Å². The van der Waals surface area contributed by atoms with Crippen LogP contribution in [0.5, 0.6) is 0 Å². The summed E-state index contributed by atoms with van der Waals surface area (Å²) in [5.74, 6) is 0. The molecule has 0 aliphatic heterocycles. The highest BCUT2D eigenvalue weighted by Crippen LogP contribution is 1.85. The van der Waals surface area contributed by atoms with Gasteiger partial charge in [0.15, 0.2) is 0 Å².